The maximum absolute atomic E-state index is 12.8. The van der Waals surface area contributed by atoms with Gasteiger partial charge in [0, 0.05) is 29.4 Å². The first-order valence-electron chi connectivity index (χ1n) is 7.41. The van der Waals surface area contributed by atoms with Gasteiger partial charge < -0.3 is 10.6 Å². The van der Waals surface area contributed by atoms with Crippen molar-refractivity contribution < 1.29 is 4.79 Å². The second kappa shape index (κ2) is 6.92. The SMILES string of the molecule is Cl.NCC1CCCCN1C(=O)c1csc2c1CCCC2. The summed E-state index contributed by atoms with van der Waals surface area (Å²) in [5, 5.41) is 2.08. The van der Waals surface area contributed by atoms with Crippen molar-refractivity contribution in [2.45, 2.75) is 51.0 Å². The van der Waals surface area contributed by atoms with Crippen LogP contribution >= 0.6 is 23.7 Å². The van der Waals surface area contributed by atoms with Gasteiger partial charge in [0.1, 0.15) is 0 Å². The first-order valence-corrected chi connectivity index (χ1v) is 8.29. The molecule has 1 aromatic heterocycles. The highest BCUT2D eigenvalue weighted by atomic mass is 35.5. The van der Waals surface area contributed by atoms with Gasteiger partial charge in [-0.2, -0.15) is 0 Å². The number of carbonyl (C=O) groups is 1. The van der Waals surface area contributed by atoms with Gasteiger partial charge in [0.15, 0.2) is 0 Å². The average Bonchev–Trinajstić information content (AvgIpc) is 2.90. The van der Waals surface area contributed by atoms with Crippen molar-refractivity contribution in [3.63, 3.8) is 0 Å². The molecule has 1 amide bonds. The van der Waals surface area contributed by atoms with E-state index < -0.39 is 0 Å². The van der Waals surface area contributed by atoms with Gasteiger partial charge in [0.2, 0.25) is 0 Å². The third kappa shape index (κ3) is 2.87. The van der Waals surface area contributed by atoms with Crippen molar-refractivity contribution in [3.05, 3.63) is 21.4 Å². The first kappa shape index (κ1) is 15.8. The fraction of sp³-hybridized carbons (Fsp3) is 0.667. The van der Waals surface area contributed by atoms with Gasteiger partial charge in [-0.05, 0) is 50.5 Å². The molecule has 1 atom stereocenters. The molecular weight excluding hydrogens is 292 g/mol. The number of nitrogens with zero attached hydrogens (tertiary/aromatic N) is 1. The van der Waals surface area contributed by atoms with Crippen LogP contribution in [0.2, 0.25) is 0 Å². The molecule has 0 spiro atoms. The maximum atomic E-state index is 12.8. The molecule has 2 aliphatic rings. The van der Waals surface area contributed by atoms with E-state index in [1.807, 2.05) is 4.90 Å². The van der Waals surface area contributed by atoms with Gasteiger partial charge in [-0.25, -0.2) is 0 Å². The average molecular weight is 315 g/mol. The van der Waals surface area contributed by atoms with Gasteiger partial charge in [-0.1, -0.05) is 0 Å². The zero-order valence-corrected chi connectivity index (χ0v) is 13.4. The third-order valence-corrected chi connectivity index (χ3v) is 5.54. The summed E-state index contributed by atoms with van der Waals surface area (Å²) in [6.07, 6.45) is 8.13. The molecule has 3 rings (SSSR count). The number of aryl methyl sites for hydroxylation is 1. The molecule has 1 fully saturated rings. The van der Waals surface area contributed by atoms with Crippen molar-refractivity contribution in [1.29, 1.82) is 0 Å². The summed E-state index contributed by atoms with van der Waals surface area (Å²) in [6.45, 7) is 1.48. The lowest BCUT2D eigenvalue weighted by molar-refractivity contribution is 0.0622. The lowest BCUT2D eigenvalue weighted by Crippen LogP contribution is -2.47. The van der Waals surface area contributed by atoms with E-state index in [9.17, 15) is 4.79 Å². The zero-order valence-electron chi connectivity index (χ0n) is 11.8. The molecule has 5 heteroatoms. The maximum Gasteiger partial charge on any atom is 0.255 e. The van der Waals surface area contributed by atoms with Crippen LogP contribution < -0.4 is 5.73 Å². The molecule has 1 aromatic rings. The number of rotatable bonds is 2. The number of amides is 1. The van der Waals surface area contributed by atoms with E-state index in [1.54, 1.807) is 11.3 Å². The molecule has 1 saturated heterocycles. The Balaban J connectivity index is 0.00000147. The predicted molar refractivity (Wildman–Crippen MR) is 85.9 cm³/mol. The predicted octanol–water partition coefficient (Wildman–Crippen LogP) is 3.00. The van der Waals surface area contributed by atoms with E-state index >= 15 is 0 Å². The highest BCUT2D eigenvalue weighted by molar-refractivity contribution is 7.10. The lowest BCUT2D eigenvalue weighted by Gasteiger charge is -2.35. The molecule has 1 unspecified atom stereocenters. The van der Waals surface area contributed by atoms with Crippen LogP contribution in [0.1, 0.15) is 52.9 Å². The number of hydrogen-bond donors (Lipinski definition) is 1. The van der Waals surface area contributed by atoms with Gasteiger partial charge in [0.05, 0.1) is 5.56 Å². The minimum atomic E-state index is 0. The van der Waals surface area contributed by atoms with Gasteiger partial charge in [-0.15, -0.1) is 23.7 Å². The molecule has 0 bridgehead atoms. The Hall–Kier alpha value is -0.580. The highest BCUT2D eigenvalue weighted by Gasteiger charge is 2.29. The number of hydrogen-bond acceptors (Lipinski definition) is 3. The smallest absolute Gasteiger partial charge is 0.255 e. The number of carbonyl (C=O) groups excluding carboxylic acids is 1. The summed E-state index contributed by atoms with van der Waals surface area (Å²) in [7, 11) is 0. The number of fused-ring (bicyclic) bond motifs is 1. The summed E-state index contributed by atoms with van der Waals surface area (Å²) < 4.78 is 0. The normalized spacial score (nSPS) is 22.1. The number of nitrogens with two attached hydrogens (primary N) is 1. The largest absolute Gasteiger partial charge is 0.334 e. The van der Waals surface area contributed by atoms with Crippen molar-refractivity contribution in [1.82, 2.24) is 4.90 Å². The van der Waals surface area contributed by atoms with Crippen molar-refractivity contribution >= 4 is 29.7 Å². The summed E-state index contributed by atoms with van der Waals surface area (Å²) in [6, 6.07) is 0.250. The van der Waals surface area contributed by atoms with E-state index in [0.29, 0.717) is 6.54 Å². The number of thiophene rings is 1. The van der Waals surface area contributed by atoms with E-state index in [-0.39, 0.29) is 24.4 Å². The zero-order chi connectivity index (χ0) is 13.2. The molecular formula is C15H23ClN2OS. The third-order valence-electron chi connectivity index (χ3n) is 4.45. The van der Waals surface area contributed by atoms with Crippen LogP contribution in [0.4, 0.5) is 0 Å². The quantitative estimate of drug-likeness (QED) is 0.912. The van der Waals surface area contributed by atoms with Crippen molar-refractivity contribution in [2.75, 3.05) is 13.1 Å². The first-order chi connectivity index (χ1) is 9.31. The second-order valence-corrected chi connectivity index (χ2v) is 6.61. The van der Waals surface area contributed by atoms with Crippen LogP contribution in [0.3, 0.4) is 0 Å². The molecule has 2 heterocycles. The topological polar surface area (TPSA) is 46.3 Å². The minimum absolute atomic E-state index is 0. The molecule has 3 nitrogen and oxygen atoms in total. The molecule has 1 aliphatic carbocycles. The molecule has 0 aromatic carbocycles. The van der Waals surface area contributed by atoms with E-state index in [4.69, 9.17) is 5.73 Å². The van der Waals surface area contributed by atoms with Crippen LogP contribution in [0, 0.1) is 0 Å². The van der Waals surface area contributed by atoms with Gasteiger partial charge >= 0.3 is 0 Å². The van der Waals surface area contributed by atoms with Crippen LogP contribution in [0.25, 0.3) is 0 Å². The van der Waals surface area contributed by atoms with Crippen LogP contribution in [-0.2, 0) is 12.8 Å². The summed E-state index contributed by atoms with van der Waals surface area (Å²) >= 11 is 1.77. The Morgan fingerprint density at radius 2 is 2.10 bits per heavy atom. The molecule has 1 aliphatic heterocycles. The van der Waals surface area contributed by atoms with E-state index in [2.05, 4.69) is 5.38 Å². The van der Waals surface area contributed by atoms with Crippen molar-refractivity contribution in [2.24, 2.45) is 5.73 Å². The fourth-order valence-electron chi connectivity index (χ4n) is 3.34. The monoisotopic (exact) mass is 314 g/mol. The molecule has 2 N–H and O–H groups in total. The number of halogens is 1. The van der Waals surface area contributed by atoms with Gasteiger partial charge in [0.25, 0.3) is 5.91 Å². The van der Waals surface area contributed by atoms with Crippen LogP contribution in [0.15, 0.2) is 5.38 Å². The highest BCUT2D eigenvalue weighted by Crippen LogP contribution is 2.32. The Morgan fingerprint density at radius 3 is 2.90 bits per heavy atom. The molecule has 0 saturated carbocycles. The second-order valence-electron chi connectivity index (χ2n) is 5.64. The summed E-state index contributed by atoms with van der Waals surface area (Å²) in [5.74, 6) is 0.231. The van der Waals surface area contributed by atoms with Crippen molar-refractivity contribution in [3.8, 4) is 0 Å². The minimum Gasteiger partial charge on any atom is -0.334 e. The molecule has 112 valence electrons. The van der Waals surface area contributed by atoms with Crippen LogP contribution in [-0.4, -0.2) is 29.9 Å². The summed E-state index contributed by atoms with van der Waals surface area (Å²) in [4.78, 5) is 16.2. The standard InChI is InChI=1S/C15H22N2OS.ClH/c16-9-11-5-3-4-8-17(11)15(18)13-10-19-14-7-2-1-6-12(13)14;/h10-11H,1-9,16H2;1H. The Bertz CT molecular complexity index is 474. The summed E-state index contributed by atoms with van der Waals surface area (Å²) in [5.41, 5.74) is 8.14. The number of piperidine rings is 1. The lowest BCUT2D eigenvalue weighted by atomic mass is 9.94. The molecule has 0 radical (unpaired) electrons. The Kier molecular flexibility index (Phi) is 5.47. The Morgan fingerprint density at radius 1 is 1.30 bits per heavy atom. The van der Waals surface area contributed by atoms with E-state index in [0.717, 1.165) is 37.8 Å². The van der Waals surface area contributed by atoms with E-state index in [1.165, 1.54) is 29.7 Å². The molecule has 20 heavy (non-hydrogen) atoms. The van der Waals surface area contributed by atoms with Crippen LogP contribution in [0.5, 0.6) is 0 Å². The van der Waals surface area contributed by atoms with Gasteiger partial charge in [-0.3, -0.25) is 4.79 Å². The number of likely N-dealkylation sites (tertiary alicyclic amines) is 1. The Labute approximate surface area is 130 Å². The fourth-order valence-corrected chi connectivity index (χ4v) is 4.46.